The van der Waals surface area contributed by atoms with Crippen LogP contribution < -0.4 is 14.8 Å². The number of nitrogens with one attached hydrogen (secondary N) is 1. The second kappa shape index (κ2) is 11.5. The molecule has 0 saturated carbocycles. The zero-order valence-electron chi connectivity index (χ0n) is 21.0. The van der Waals surface area contributed by atoms with Gasteiger partial charge >= 0.3 is 5.97 Å². The standard InChI is InChI=1S/C26H34N2O6/c1-8-17-9-11-18(12-10-17)15-28(5)23(29)16-34-24(30)19-13-21(32-6)22(33-7)14-20(19)27-25(31)26(2,3)4/h9-14H,8,15-16H2,1-7H3,(H,27,31). The van der Waals surface area contributed by atoms with Crippen LogP contribution in [0.5, 0.6) is 11.5 Å². The number of aryl methyl sites for hydroxylation is 1. The molecule has 0 aliphatic heterocycles. The average Bonchev–Trinajstić information content (AvgIpc) is 2.81. The lowest BCUT2D eigenvalue weighted by atomic mass is 9.95. The Bertz CT molecular complexity index is 1020. The van der Waals surface area contributed by atoms with E-state index in [0.717, 1.165) is 12.0 Å². The molecule has 2 amide bonds. The van der Waals surface area contributed by atoms with Gasteiger partial charge in [0.25, 0.3) is 5.91 Å². The van der Waals surface area contributed by atoms with Gasteiger partial charge in [0.15, 0.2) is 18.1 Å². The van der Waals surface area contributed by atoms with Crippen molar-refractivity contribution in [3.8, 4) is 11.5 Å². The van der Waals surface area contributed by atoms with Gasteiger partial charge in [0.1, 0.15) is 0 Å². The molecule has 34 heavy (non-hydrogen) atoms. The normalized spacial score (nSPS) is 10.9. The number of likely N-dealkylation sites (N-methyl/N-ethyl adjacent to an activating group) is 1. The van der Waals surface area contributed by atoms with Crippen molar-refractivity contribution in [2.24, 2.45) is 5.41 Å². The average molecular weight is 471 g/mol. The van der Waals surface area contributed by atoms with Crippen LogP contribution in [0.3, 0.4) is 0 Å². The summed E-state index contributed by atoms with van der Waals surface area (Å²) in [6.07, 6.45) is 0.944. The zero-order valence-corrected chi connectivity index (χ0v) is 21.0. The second-order valence-electron chi connectivity index (χ2n) is 8.95. The minimum absolute atomic E-state index is 0.0563. The van der Waals surface area contributed by atoms with E-state index < -0.39 is 18.0 Å². The van der Waals surface area contributed by atoms with Crippen LogP contribution in [0, 0.1) is 5.41 Å². The summed E-state index contributed by atoms with van der Waals surface area (Å²) >= 11 is 0. The number of benzene rings is 2. The van der Waals surface area contributed by atoms with E-state index in [1.165, 1.54) is 36.8 Å². The summed E-state index contributed by atoms with van der Waals surface area (Å²) in [5.41, 5.74) is 1.77. The smallest absolute Gasteiger partial charge is 0.340 e. The molecular formula is C26H34N2O6. The van der Waals surface area contributed by atoms with E-state index in [2.05, 4.69) is 12.2 Å². The number of hydrogen-bond donors (Lipinski definition) is 1. The first kappa shape index (κ1) is 26.7. The molecule has 1 N–H and O–H groups in total. The summed E-state index contributed by atoms with van der Waals surface area (Å²) in [6, 6.07) is 10.9. The van der Waals surface area contributed by atoms with E-state index in [1.54, 1.807) is 27.8 Å². The Hall–Kier alpha value is -3.55. The molecule has 0 saturated heterocycles. The predicted molar refractivity (Wildman–Crippen MR) is 130 cm³/mol. The molecule has 8 heteroatoms. The lowest BCUT2D eigenvalue weighted by Crippen LogP contribution is -2.31. The lowest BCUT2D eigenvalue weighted by Gasteiger charge is -2.21. The maximum Gasteiger partial charge on any atom is 0.340 e. The summed E-state index contributed by atoms with van der Waals surface area (Å²) in [5.74, 6) is -0.776. The minimum atomic E-state index is -0.765. The third-order valence-electron chi connectivity index (χ3n) is 5.28. The molecule has 0 aromatic heterocycles. The van der Waals surface area contributed by atoms with Crippen molar-refractivity contribution < 1.29 is 28.6 Å². The van der Waals surface area contributed by atoms with E-state index in [9.17, 15) is 14.4 Å². The van der Waals surface area contributed by atoms with E-state index in [0.29, 0.717) is 18.0 Å². The first-order valence-electron chi connectivity index (χ1n) is 11.1. The molecule has 2 aromatic carbocycles. The van der Waals surface area contributed by atoms with E-state index in [-0.39, 0.29) is 23.1 Å². The Morgan fingerprint density at radius 2 is 1.50 bits per heavy atom. The summed E-state index contributed by atoms with van der Waals surface area (Å²) in [6.45, 7) is 7.30. The third-order valence-corrected chi connectivity index (χ3v) is 5.28. The van der Waals surface area contributed by atoms with Crippen LogP contribution in [0.25, 0.3) is 0 Å². The van der Waals surface area contributed by atoms with Crippen molar-refractivity contribution in [3.63, 3.8) is 0 Å². The molecule has 2 aromatic rings. The molecule has 0 atom stereocenters. The van der Waals surface area contributed by atoms with Gasteiger partial charge in [-0.15, -0.1) is 0 Å². The quantitative estimate of drug-likeness (QED) is 0.556. The van der Waals surface area contributed by atoms with E-state index in [1.807, 2.05) is 24.3 Å². The molecule has 184 valence electrons. The number of esters is 1. The van der Waals surface area contributed by atoms with Gasteiger partial charge in [-0.05, 0) is 17.5 Å². The predicted octanol–water partition coefficient (Wildman–Crippen LogP) is 4.07. The van der Waals surface area contributed by atoms with Crippen molar-refractivity contribution in [1.82, 2.24) is 4.90 Å². The van der Waals surface area contributed by atoms with Crippen molar-refractivity contribution in [2.75, 3.05) is 33.2 Å². The topological polar surface area (TPSA) is 94.2 Å². The molecule has 0 unspecified atom stereocenters. The first-order chi connectivity index (χ1) is 16.0. The van der Waals surface area contributed by atoms with Crippen LogP contribution in [-0.2, 0) is 27.3 Å². The molecule has 0 fully saturated rings. The van der Waals surface area contributed by atoms with Gasteiger partial charge in [0, 0.05) is 31.1 Å². The van der Waals surface area contributed by atoms with Crippen LogP contribution in [-0.4, -0.2) is 50.6 Å². The molecule has 0 radical (unpaired) electrons. The number of amides is 2. The molecule has 0 bridgehead atoms. The van der Waals surface area contributed by atoms with Crippen LogP contribution in [0.15, 0.2) is 36.4 Å². The van der Waals surface area contributed by atoms with Gasteiger partial charge < -0.3 is 24.4 Å². The van der Waals surface area contributed by atoms with Crippen molar-refractivity contribution >= 4 is 23.5 Å². The number of carbonyl (C=O) groups excluding carboxylic acids is 3. The molecule has 8 nitrogen and oxygen atoms in total. The molecule has 0 aliphatic carbocycles. The number of anilines is 1. The van der Waals surface area contributed by atoms with Gasteiger partial charge in [0.2, 0.25) is 5.91 Å². The first-order valence-corrected chi connectivity index (χ1v) is 11.1. The zero-order chi connectivity index (χ0) is 25.5. The molecule has 0 spiro atoms. The Morgan fingerprint density at radius 3 is 2.03 bits per heavy atom. The van der Waals surface area contributed by atoms with Crippen molar-refractivity contribution in [1.29, 1.82) is 0 Å². The number of ether oxygens (including phenoxy) is 3. The highest BCUT2D eigenvalue weighted by Crippen LogP contribution is 2.34. The molecular weight excluding hydrogens is 436 g/mol. The second-order valence-corrected chi connectivity index (χ2v) is 8.95. The Morgan fingerprint density at radius 1 is 0.941 bits per heavy atom. The van der Waals surface area contributed by atoms with Crippen LogP contribution in [0.2, 0.25) is 0 Å². The van der Waals surface area contributed by atoms with Crippen LogP contribution in [0.4, 0.5) is 5.69 Å². The largest absolute Gasteiger partial charge is 0.493 e. The number of carbonyl (C=O) groups is 3. The van der Waals surface area contributed by atoms with Crippen molar-refractivity contribution in [3.05, 3.63) is 53.1 Å². The number of rotatable bonds is 9. The highest BCUT2D eigenvalue weighted by Gasteiger charge is 2.26. The molecule has 0 aliphatic rings. The Kier molecular flexibility index (Phi) is 9.06. The SMILES string of the molecule is CCc1ccc(CN(C)C(=O)COC(=O)c2cc(OC)c(OC)cc2NC(=O)C(C)(C)C)cc1. The number of nitrogens with zero attached hydrogens (tertiary/aromatic N) is 1. The third kappa shape index (κ3) is 6.97. The summed E-state index contributed by atoms with van der Waals surface area (Å²) in [4.78, 5) is 39.5. The van der Waals surface area contributed by atoms with Gasteiger partial charge in [0.05, 0.1) is 25.5 Å². The fourth-order valence-electron chi connectivity index (χ4n) is 3.02. The fraction of sp³-hybridized carbons (Fsp3) is 0.423. The fourth-order valence-corrected chi connectivity index (χ4v) is 3.02. The van der Waals surface area contributed by atoms with Gasteiger partial charge in [-0.3, -0.25) is 9.59 Å². The van der Waals surface area contributed by atoms with Gasteiger partial charge in [-0.2, -0.15) is 0 Å². The summed E-state index contributed by atoms with van der Waals surface area (Å²) in [7, 11) is 4.54. The van der Waals surface area contributed by atoms with Gasteiger partial charge in [-0.25, -0.2) is 4.79 Å². The van der Waals surface area contributed by atoms with E-state index in [4.69, 9.17) is 14.2 Å². The monoisotopic (exact) mass is 470 g/mol. The maximum absolute atomic E-state index is 12.9. The van der Waals surface area contributed by atoms with Gasteiger partial charge in [-0.1, -0.05) is 52.0 Å². The summed E-state index contributed by atoms with van der Waals surface area (Å²) in [5, 5.41) is 2.74. The Labute approximate surface area is 201 Å². The highest BCUT2D eigenvalue weighted by molar-refractivity contribution is 6.04. The van der Waals surface area contributed by atoms with Crippen LogP contribution >= 0.6 is 0 Å². The Balaban J connectivity index is 2.14. The van der Waals surface area contributed by atoms with Crippen molar-refractivity contribution in [2.45, 2.75) is 40.7 Å². The molecule has 0 heterocycles. The number of hydrogen-bond acceptors (Lipinski definition) is 6. The maximum atomic E-state index is 12.9. The van der Waals surface area contributed by atoms with E-state index >= 15 is 0 Å². The minimum Gasteiger partial charge on any atom is -0.493 e. The molecule has 2 rings (SSSR count). The lowest BCUT2D eigenvalue weighted by molar-refractivity contribution is -0.133. The number of methoxy groups -OCH3 is 2. The van der Waals surface area contributed by atoms with Crippen LogP contribution in [0.1, 0.15) is 49.2 Å². The summed E-state index contributed by atoms with van der Waals surface area (Å²) < 4.78 is 15.9. The highest BCUT2D eigenvalue weighted by atomic mass is 16.5.